The van der Waals surface area contributed by atoms with Gasteiger partial charge in [0.1, 0.15) is 23.0 Å². The Morgan fingerprint density at radius 2 is 1.42 bits per heavy atom. The highest BCUT2D eigenvalue weighted by atomic mass is 16.5. The van der Waals surface area contributed by atoms with Gasteiger partial charge in [0, 0.05) is 101 Å². The van der Waals surface area contributed by atoms with Crippen LogP contribution in [0.5, 0.6) is 0 Å². The highest BCUT2D eigenvalue weighted by Gasteiger charge is 2.45. The molecule has 1 saturated carbocycles. The average molecular weight is 1140 g/mol. The van der Waals surface area contributed by atoms with Crippen LogP contribution in [0.25, 0.3) is 33.4 Å². The van der Waals surface area contributed by atoms with Gasteiger partial charge in [-0.2, -0.15) is 0 Å². The topological polar surface area (TPSA) is 240 Å². The Hall–Kier alpha value is -8.61. The predicted molar refractivity (Wildman–Crippen MR) is 313 cm³/mol. The van der Waals surface area contributed by atoms with Crippen molar-refractivity contribution in [3.8, 4) is 34.2 Å². The lowest BCUT2D eigenvalue weighted by atomic mass is 9.94. The van der Waals surface area contributed by atoms with Crippen LogP contribution in [-0.4, -0.2) is 162 Å². The van der Waals surface area contributed by atoms with E-state index in [2.05, 4.69) is 73.7 Å². The molecule has 0 bridgehead atoms. The molecule has 436 valence electrons. The maximum absolute atomic E-state index is 13.3. The highest BCUT2D eigenvalue weighted by Crippen LogP contribution is 2.40. The van der Waals surface area contributed by atoms with E-state index in [1.54, 1.807) is 24.5 Å². The van der Waals surface area contributed by atoms with E-state index in [1.165, 1.54) is 0 Å². The minimum absolute atomic E-state index is 0.0360. The lowest BCUT2D eigenvalue weighted by Crippen LogP contribution is -2.54. The van der Waals surface area contributed by atoms with Gasteiger partial charge in [0.2, 0.25) is 23.6 Å². The van der Waals surface area contributed by atoms with Crippen LogP contribution >= 0.6 is 0 Å². The van der Waals surface area contributed by atoms with Gasteiger partial charge >= 0.3 is 0 Å². The van der Waals surface area contributed by atoms with Crippen LogP contribution in [0.3, 0.4) is 0 Å². The molecule has 4 aromatic carbocycles. The number of benzene rings is 4. The van der Waals surface area contributed by atoms with Gasteiger partial charge in [-0.15, -0.1) is 0 Å². The van der Waals surface area contributed by atoms with Crippen molar-refractivity contribution in [3.05, 3.63) is 137 Å². The highest BCUT2D eigenvalue weighted by molar-refractivity contribution is 6.25. The SMILES string of the molecule is N=c1c2c(-c3ccccc3)c(-c3ccccc3)n(Cc3cccc(C#CCN4CCN(C(=O)CCCNC(=O)CCOCCOCCOCCNc5cccc6c5C(=O)N(C5CCC(=O)NC5=O)C6=O)CC4)c3)c2ncn1C1CCC(=O)CC1. The second-order valence-corrected chi connectivity index (χ2v) is 21.3. The third-order valence-corrected chi connectivity index (χ3v) is 15.7. The quantitative estimate of drug-likeness (QED) is 0.0322. The number of fused-ring (bicyclic) bond motifs is 2. The van der Waals surface area contributed by atoms with Crippen LogP contribution in [0.1, 0.15) is 95.7 Å². The number of piperidine rings is 1. The van der Waals surface area contributed by atoms with E-state index in [-0.39, 0.29) is 60.6 Å². The molecule has 0 radical (unpaired) electrons. The van der Waals surface area contributed by atoms with Crippen molar-refractivity contribution >= 4 is 57.9 Å². The first-order chi connectivity index (χ1) is 41.0. The Labute approximate surface area is 487 Å². The van der Waals surface area contributed by atoms with Crippen molar-refractivity contribution < 1.29 is 47.8 Å². The summed E-state index contributed by atoms with van der Waals surface area (Å²) in [6, 6.07) is 32.7. The zero-order chi connectivity index (χ0) is 58.4. The zero-order valence-electron chi connectivity index (χ0n) is 47.1. The third kappa shape index (κ3) is 14.1. The summed E-state index contributed by atoms with van der Waals surface area (Å²) in [6.45, 7) is 6.29. The molecule has 3 fully saturated rings. The number of imide groups is 2. The van der Waals surface area contributed by atoms with Crippen LogP contribution in [0.4, 0.5) is 5.69 Å². The van der Waals surface area contributed by atoms with E-state index in [4.69, 9.17) is 19.2 Å². The van der Waals surface area contributed by atoms with Crippen molar-refractivity contribution in [2.45, 2.75) is 76.4 Å². The van der Waals surface area contributed by atoms with E-state index in [0.717, 1.165) is 62.5 Å². The third-order valence-electron chi connectivity index (χ3n) is 15.7. The maximum Gasteiger partial charge on any atom is 0.264 e. The van der Waals surface area contributed by atoms with Crippen molar-refractivity contribution in [3.63, 3.8) is 0 Å². The van der Waals surface area contributed by atoms with Crippen LogP contribution in [0.2, 0.25) is 0 Å². The number of carbonyl (C=O) groups is 7. The van der Waals surface area contributed by atoms with Crippen LogP contribution in [0.15, 0.2) is 109 Å². The molecular formula is C64H70N10O10. The number of anilines is 1. The summed E-state index contributed by atoms with van der Waals surface area (Å²) < 4.78 is 21.0. The number of nitrogens with zero attached hydrogens (tertiary/aromatic N) is 6. The summed E-state index contributed by atoms with van der Waals surface area (Å²) in [7, 11) is 0. The van der Waals surface area contributed by atoms with Gasteiger partial charge in [0.15, 0.2) is 0 Å². The smallest absolute Gasteiger partial charge is 0.264 e. The minimum Gasteiger partial charge on any atom is -0.382 e. The van der Waals surface area contributed by atoms with Crippen LogP contribution in [0, 0.1) is 17.3 Å². The standard InChI is InChI=1S/C64H70N10O10/c65-60-58-56(46-14-3-1-4-15-46)59(47-16-5-2-6-17-47)72(61(58)68-43-73(60)48-21-23-49(75)24-22-48)42-45-12-7-11-44(41-45)13-10-30-70-31-33-71(34-32-70)55(78)20-9-28-67-53(76)27-35-82-37-39-84-40-38-83-36-29-66-51-19-8-18-50-57(51)64(81)74(63(50)80)52-25-26-54(77)69-62(52)79/h1-8,11-12,14-19,41,43,48,52,65-66H,9,20-40,42H2,(H,67,76)(H,69,77,79). The summed E-state index contributed by atoms with van der Waals surface area (Å²) >= 11 is 0. The van der Waals surface area contributed by atoms with E-state index >= 15 is 0 Å². The molecule has 5 heterocycles. The van der Waals surface area contributed by atoms with Crippen molar-refractivity contribution in [1.82, 2.24) is 39.5 Å². The molecule has 2 saturated heterocycles. The summed E-state index contributed by atoms with van der Waals surface area (Å²) in [5.41, 5.74) is 7.89. The summed E-state index contributed by atoms with van der Waals surface area (Å²) in [6.07, 6.45) is 5.44. The number of amides is 6. The molecule has 3 aliphatic heterocycles. The fraction of sp³-hybridized carbons (Fsp3) is 0.391. The monoisotopic (exact) mass is 1140 g/mol. The molecule has 1 aliphatic carbocycles. The Bertz CT molecular complexity index is 3520. The number of nitrogens with one attached hydrogen (secondary N) is 4. The Balaban J connectivity index is 0.601. The first kappa shape index (κ1) is 58.6. The van der Waals surface area contributed by atoms with E-state index < -0.39 is 29.7 Å². The molecule has 4 aliphatic rings. The molecular weight excluding hydrogens is 1070 g/mol. The Morgan fingerprint density at radius 3 is 2.15 bits per heavy atom. The van der Waals surface area contributed by atoms with Crippen molar-refractivity contribution in [1.29, 1.82) is 5.41 Å². The molecule has 6 amide bonds. The Morgan fingerprint density at radius 1 is 0.714 bits per heavy atom. The van der Waals surface area contributed by atoms with Crippen LogP contribution in [-0.2, 0) is 44.7 Å². The van der Waals surface area contributed by atoms with E-state index in [1.807, 2.05) is 58.0 Å². The number of rotatable bonds is 24. The van der Waals surface area contributed by atoms with Gasteiger partial charge in [0.25, 0.3) is 11.8 Å². The first-order valence-electron chi connectivity index (χ1n) is 29.0. The number of piperazine rings is 1. The number of carbonyl (C=O) groups excluding carboxylic acids is 7. The molecule has 4 N–H and O–H groups in total. The van der Waals surface area contributed by atoms with Gasteiger partial charge in [-0.05, 0) is 66.6 Å². The number of hydrogen-bond donors (Lipinski definition) is 4. The number of aromatic nitrogens is 3. The van der Waals surface area contributed by atoms with Gasteiger partial charge in [-0.25, -0.2) is 4.98 Å². The van der Waals surface area contributed by atoms with Gasteiger partial charge < -0.3 is 38.9 Å². The molecule has 10 rings (SSSR count). The number of hydrogen-bond acceptors (Lipinski definition) is 14. The first-order valence-corrected chi connectivity index (χ1v) is 29.0. The van der Waals surface area contributed by atoms with Crippen molar-refractivity contribution in [2.24, 2.45) is 0 Å². The fourth-order valence-corrected chi connectivity index (χ4v) is 11.4. The number of Topliss-reactive ketones (excluding diaryl/α,β-unsaturated/α-hetero) is 1. The van der Waals surface area contributed by atoms with Crippen molar-refractivity contribution in [2.75, 3.05) is 90.8 Å². The fourth-order valence-electron chi connectivity index (χ4n) is 11.4. The van der Waals surface area contributed by atoms with Gasteiger partial charge in [-0.1, -0.05) is 90.7 Å². The molecule has 84 heavy (non-hydrogen) atoms. The molecule has 20 nitrogen and oxygen atoms in total. The number of ketones is 1. The second-order valence-electron chi connectivity index (χ2n) is 21.3. The van der Waals surface area contributed by atoms with Gasteiger partial charge in [-0.3, -0.25) is 54.1 Å². The van der Waals surface area contributed by atoms with Crippen LogP contribution < -0.4 is 21.4 Å². The summed E-state index contributed by atoms with van der Waals surface area (Å²) in [5.74, 6) is 4.72. The second kappa shape index (κ2) is 28.1. The normalized spacial score (nSPS) is 16.6. The molecule has 2 aromatic heterocycles. The zero-order valence-corrected chi connectivity index (χ0v) is 47.1. The lowest BCUT2D eigenvalue weighted by Gasteiger charge is -2.33. The van der Waals surface area contributed by atoms with Gasteiger partial charge in [0.05, 0.1) is 74.7 Å². The average Bonchev–Trinajstić information content (AvgIpc) is 3.16. The summed E-state index contributed by atoms with van der Waals surface area (Å²) in [4.78, 5) is 98.2. The minimum atomic E-state index is -1.04. The van der Waals surface area contributed by atoms with E-state index in [9.17, 15) is 39.0 Å². The Kier molecular flexibility index (Phi) is 19.6. The molecule has 1 atom stereocenters. The molecule has 0 spiro atoms. The maximum atomic E-state index is 13.3. The molecule has 6 aromatic rings. The number of ether oxygens (including phenoxy) is 3. The largest absolute Gasteiger partial charge is 0.382 e. The lowest BCUT2D eigenvalue weighted by molar-refractivity contribution is -0.136. The molecule has 20 heteroatoms. The summed E-state index contributed by atoms with van der Waals surface area (Å²) in [5, 5.41) is 18.7. The molecule has 1 unspecified atom stereocenters. The van der Waals surface area contributed by atoms with E-state index in [0.29, 0.717) is 122 Å². The predicted octanol–water partition coefficient (Wildman–Crippen LogP) is 5.73.